The highest BCUT2D eigenvalue weighted by Gasteiger charge is 2.45. The van der Waals surface area contributed by atoms with Gasteiger partial charge in [0.15, 0.2) is 0 Å². The standard InChI is InChI=1S/C13H22N2O/c1-2-9-15(11-5-6-11)12(16)13(10-14)7-3-4-8-13/h2,11H,1,3-10,14H2. The van der Waals surface area contributed by atoms with Gasteiger partial charge in [0.1, 0.15) is 0 Å². The van der Waals surface area contributed by atoms with Crippen LogP contribution in [0.5, 0.6) is 0 Å². The minimum atomic E-state index is -0.244. The number of carbonyl (C=O) groups excluding carboxylic acids is 1. The van der Waals surface area contributed by atoms with Crippen LogP contribution < -0.4 is 5.73 Å². The molecule has 0 spiro atoms. The molecule has 16 heavy (non-hydrogen) atoms. The number of nitrogens with two attached hydrogens (primary N) is 1. The minimum absolute atomic E-state index is 0.244. The number of carbonyl (C=O) groups is 1. The largest absolute Gasteiger partial charge is 0.335 e. The Labute approximate surface area is 97.7 Å². The second-order valence-electron chi connectivity index (χ2n) is 5.17. The Morgan fingerprint density at radius 3 is 2.50 bits per heavy atom. The zero-order valence-corrected chi connectivity index (χ0v) is 9.95. The molecule has 2 N–H and O–H groups in total. The van der Waals surface area contributed by atoms with E-state index in [4.69, 9.17) is 5.73 Å². The lowest BCUT2D eigenvalue weighted by Crippen LogP contribution is -2.47. The molecular weight excluding hydrogens is 200 g/mol. The lowest BCUT2D eigenvalue weighted by atomic mass is 9.84. The third-order valence-corrected chi connectivity index (χ3v) is 3.98. The fraction of sp³-hybridized carbons (Fsp3) is 0.769. The molecule has 0 heterocycles. The van der Waals surface area contributed by atoms with E-state index in [1.165, 1.54) is 0 Å². The summed E-state index contributed by atoms with van der Waals surface area (Å²) in [6.45, 7) is 4.93. The Hall–Kier alpha value is -0.830. The van der Waals surface area contributed by atoms with Crippen molar-refractivity contribution >= 4 is 5.91 Å². The summed E-state index contributed by atoms with van der Waals surface area (Å²) in [5.41, 5.74) is 5.61. The van der Waals surface area contributed by atoms with E-state index in [0.29, 0.717) is 19.1 Å². The van der Waals surface area contributed by atoms with Crippen LogP contribution in [0.15, 0.2) is 12.7 Å². The van der Waals surface area contributed by atoms with Crippen LogP contribution in [0.4, 0.5) is 0 Å². The third-order valence-electron chi connectivity index (χ3n) is 3.98. The minimum Gasteiger partial charge on any atom is -0.335 e. The van der Waals surface area contributed by atoms with E-state index >= 15 is 0 Å². The van der Waals surface area contributed by atoms with Crippen LogP contribution in [-0.4, -0.2) is 29.9 Å². The summed E-state index contributed by atoms with van der Waals surface area (Å²) in [5, 5.41) is 0. The Kier molecular flexibility index (Phi) is 3.33. The highest BCUT2D eigenvalue weighted by molar-refractivity contribution is 5.84. The van der Waals surface area contributed by atoms with Crippen molar-refractivity contribution in [3.63, 3.8) is 0 Å². The first-order valence-electron chi connectivity index (χ1n) is 6.35. The number of hydrogen-bond donors (Lipinski definition) is 1. The molecule has 0 bridgehead atoms. The molecule has 0 atom stereocenters. The monoisotopic (exact) mass is 222 g/mol. The van der Waals surface area contributed by atoms with E-state index < -0.39 is 0 Å². The topological polar surface area (TPSA) is 46.3 Å². The first-order valence-corrected chi connectivity index (χ1v) is 6.35. The molecule has 90 valence electrons. The van der Waals surface area contributed by atoms with Crippen LogP contribution in [0.3, 0.4) is 0 Å². The van der Waals surface area contributed by atoms with Crippen molar-refractivity contribution in [2.45, 2.75) is 44.6 Å². The van der Waals surface area contributed by atoms with Crippen molar-refractivity contribution in [1.29, 1.82) is 0 Å². The second-order valence-corrected chi connectivity index (χ2v) is 5.17. The molecule has 3 nitrogen and oxygen atoms in total. The Morgan fingerprint density at radius 2 is 2.06 bits per heavy atom. The normalized spacial score (nSPS) is 23.1. The fourth-order valence-electron chi connectivity index (χ4n) is 2.78. The second kappa shape index (κ2) is 4.58. The number of nitrogens with zero attached hydrogens (tertiary/aromatic N) is 1. The predicted molar refractivity (Wildman–Crippen MR) is 64.9 cm³/mol. The summed E-state index contributed by atoms with van der Waals surface area (Å²) in [4.78, 5) is 14.6. The van der Waals surface area contributed by atoms with Crippen LogP contribution >= 0.6 is 0 Å². The maximum Gasteiger partial charge on any atom is 0.230 e. The number of amides is 1. The number of rotatable bonds is 5. The van der Waals surface area contributed by atoms with Gasteiger partial charge in [0.05, 0.1) is 5.41 Å². The maximum absolute atomic E-state index is 12.6. The highest BCUT2D eigenvalue weighted by Crippen LogP contribution is 2.41. The van der Waals surface area contributed by atoms with Gasteiger partial charge in [-0.05, 0) is 25.7 Å². The third kappa shape index (κ3) is 2.01. The zero-order chi connectivity index (χ0) is 11.6. The van der Waals surface area contributed by atoms with Gasteiger partial charge in [-0.3, -0.25) is 4.79 Å². The van der Waals surface area contributed by atoms with Gasteiger partial charge in [-0.2, -0.15) is 0 Å². The SMILES string of the molecule is C=CCN(C(=O)C1(CN)CCCC1)C1CC1. The molecule has 0 saturated heterocycles. The molecular formula is C13H22N2O. The summed E-state index contributed by atoms with van der Waals surface area (Å²) >= 11 is 0. The van der Waals surface area contributed by atoms with Gasteiger partial charge in [-0.25, -0.2) is 0 Å². The lowest BCUT2D eigenvalue weighted by Gasteiger charge is -2.33. The molecule has 2 fully saturated rings. The number of hydrogen-bond acceptors (Lipinski definition) is 2. The fourth-order valence-corrected chi connectivity index (χ4v) is 2.78. The summed E-state index contributed by atoms with van der Waals surface area (Å²) in [6.07, 6.45) is 8.38. The quantitative estimate of drug-likeness (QED) is 0.719. The van der Waals surface area contributed by atoms with Crippen molar-refractivity contribution in [3.8, 4) is 0 Å². The average Bonchev–Trinajstić information content (AvgIpc) is 3.02. The molecule has 2 aliphatic carbocycles. The van der Waals surface area contributed by atoms with Crippen molar-refractivity contribution in [3.05, 3.63) is 12.7 Å². The van der Waals surface area contributed by atoms with Gasteiger partial charge >= 0.3 is 0 Å². The molecule has 0 radical (unpaired) electrons. The van der Waals surface area contributed by atoms with E-state index in [1.54, 1.807) is 0 Å². The Bertz CT molecular complexity index is 278. The van der Waals surface area contributed by atoms with Crippen molar-refractivity contribution < 1.29 is 4.79 Å². The molecule has 0 aromatic carbocycles. The van der Waals surface area contributed by atoms with Crippen LogP contribution in [0.1, 0.15) is 38.5 Å². The van der Waals surface area contributed by atoms with Crippen LogP contribution in [-0.2, 0) is 4.79 Å². The van der Waals surface area contributed by atoms with Crippen LogP contribution in [0, 0.1) is 5.41 Å². The van der Waals surface area contributed by atoms with Gasteiger partial charge in [0.25, 0.3) is 0 Å². The first kappa shape index (κ1) is 11.6. The van der Waals surface area contributed by atoms with Crippen molar-refractivity contribution in [2.75, 3.05) is 13.1 Å². The molecule has 0 aromatic rings. The molecule has 0 aliphatic heterocycles. The molecule has 3 heteroatoms. The summed E-state index contributed by atoms with van der Waals surface area (Å²) in [6, 6.07) is 0.467. The van der Waals surface area contributed by atoms with E-state index in [1.807, 2.05) is 11.0 Å². The van der Waals surface area contributed by atoms with Gasteiger partial charge in [0, 0.05) is 19.1 Å². The predicted octanol–water partition coefficient (Wildman–Crippen LogP) is 1.68. The smallest absolute Gasteiger partial charge is 0.230 e. The molecule has 0 aromatic heterocycles. The first-order chi connectivity index (χ1) is 7.73. The van der Waals surface area contributed by atoms with Crippen molar-refractivity contribution in [1.82, 2.24) is 4.90 Å². The van der Waals surface area contributed by atoms with Gasteiger partial charge in [-0.15, -0.1) is 6.58 Å². The molecule has 2 saturated carbocycles. The molecule has 1 amide bonds. The van der Waals surface area contributed by atoms with E-state index in [-0.39, 0.29) is 11.3 Å². The van der Waals surface area contributed by atoms with E-state index in [9.17, 15) is 4.79 Å². The van der Waals surface area contributed by atoms with E-state index in [0.717, 1.165) is 38.5 Å². The average molecular weight is 222 g/mol. The van der Waals surface area contributed by atoms with Crippen LogP contribution in [0.25, 0.3) is 0 Å². The molecule has 2 rings (SSSR count). The zero-order valence-electron chi connectivity index (χ0n) is 9.95. The maximum atomic E-state index is 12.6. The Balaban J connectivity index is 2.10. The van der Waals surface area contributed by atoms with Crippen LogP contribution in [0.2, 0.25) is 0 Å². The van der Waals surface area contributed by atoms with Gasteiger partial charge < -0.3 is 10.6 Å². The lowest BCUT2D eigenvalue weighted by molar-refractivity contribution is -0.141. The summed E-state index contributed by atoms with van der Waals surface area (Å²) in [7, 11) is 0. The van der Waals surface area contributed by atoms with Gasteiger partial charge in [-0.1, -0.05) is 18.9 Å². The highest BCUT2D eigenvalue weighted by atomic mass is 16.2. The Morgan fingerprint density at radius 1 is 1.44 bits per heavy atom. The van der Waals surface area contributed by atoms with E-state index in [2.05, 4.69) is 6.58 Å². The van der Waals surface area contributed by atoms with Gasteiger partial charge in [0.2, 0.25) is 5.91 Å². The van der Waals surface area contributed by atoms with Crippen molar-refractivity contribution in [2.24, 2.45) is 11.1 Å². The molecule has 2 aliphatic rings. The molecule has 0 unspecified atom stereocenters. The summed E-state index contributed by atoms with van der Waals surface area (Å²) < 4.78 is 0. The summed E-state index contributed by atoms with van der Waals surface area (Å²) in [5.74, 6) is 0.287.